The first-order valence-corrected chi connectivity index (χ1v) is 8.81. The van der Waals surface area contributed by atoms with E-state index in [-0.39, 0.29) is 6.61 Å². The monoisotopic (exact) mass is 374 g/mol. The fraction of sp³-hybridized carbons (Fsp3) is 0.733. The van der Waals surface area contributed by atoms with Crippen molar-refractivity contribution in [2.45, 2.75) is 57.5 Å². The zero-order valence-corrected chi connectivity index (χ0v) is 15.3. The van der Waals surface area contributed by atoms with E-state index in [0.717, 1.165) is 0 Å². The number of fused-ring (bicyclic) bond motifs is 1. The molecule has 0 aromatic carbocycles. The number of hydrogen-bond acceptors (Lipinski definition) is 10. The molecule has 1 saturated heterocycles. The molecule has 1 N–H and O–H groups in total. The van der Waals surface area contributed by atoms with Crippen molar-refractivity contribution in [1.29, 1.82) is 0 Å². The van der Waals surface area contributed by atoms with Crippen molar-refractivity contribution in [3.05, 3.63) is 0 Å². The molecule has 0 radical (unpaired) electrons. The second-order valence-electron chi connectivity index (χ2n) is 5.57. The molecular weight excluding hydrogens is 352 g/mol. The molecule has 5 atom stereocenters. The van der Waals surface area contributed by atoms with Crippen LogP contribution in [0.2, 0.25) is 0 Å². The van der Waals surface area contributed by atoms with E-state index in [1.54, 1.807) is 0 Å². The minimum Gasteiger partial charge on any atom is -0.463 e. The zero-order valence-electron chi connectivity index (χ0n) is 14.5. The van der Waals surface area contributed by atoms with Gasteiger partial charge in [-0.05, 0) is 6.92 Å². The number of rotatable bonds is 5. The van der Waals surface area contributed by atoms with Gasteiger partial charge < -0.3 is 24.3 Å². The molecule has 2 aliphatic heterocycles. The first-order valence-electron chi connectivity index (χ1n) is 7.93. The molecule has 2 unspecified atom stereocenters. The van der Waals surface area contributed by atoms with Gasteiger partial charge in [0.15, 0.2) is 17.4 Å². The SMILES string of the molecule is CCNC1=NC2C(O[C@H](COC(C)=O)[C@@H](OC(C)=O)[C@@H]2OC(C)=O)S1. The number of thioether (sulfide) groups is 1. The van der Waals surface area contributed by atoms with Gasteiger partial charge in [-0.25, -0.2) is 0 Å². The number of carbonyl (C=O) groups excluding carboxylic acids is 3. The van der Waals surface area contributed by atoms with Gasteiger partial charge >= 0.3 is 17.9 Å². The average Bonchev–Trinajstić information content (AvgIpc) is 2.89. The second kappa shape index (κ2) is 8.52. The van der Waals surface area contributed by atoms with E-state index in [9.17, 15) is 14.4 Å². The summed E-state index contributed by atoms with van der Waals surface area (Å²) < 4.78 is 21.7. The van der Waals surface area contributed by atoms with Gasteiger partial charge in [-0.1, -0.05) is 11.8 Å². The van der Waals surface area contributed by atoms with E-state index in [1.807, 2.05) is 6.92 Å². The van der Waals surface area contributed by atoms with Crippen LogP contribution in [-0.4, -0.2) is 66.0 Å². The maximum absolute atomic E-state index is 11.6. The summed E-state index contributed by atoms with van der Waals surface area (Å²) >= 11 is 1.35. The Morgan fingerprint density at radius 3 is 2.32 bits per heavy atom. The van der Waals surface area contributed by atoms with Gasteiger partial charge in [-0.15, -0.1) is 0 Å². The number of hydrogen-bond donors (Lipinski definition) is 1. The maximum Gasteiger partial charge on any atom is 0.303 e. The lowest BCUT2D eigenvalue weighted by Crippen LogP contribution is -2.59. The summed E-state index contributed by atoms with van der Waals surface area (Å²) in [5.41, 5.74) is -0.439. The van der Waals surface area contributed by atoms with E-state index < -0.39 is 47.7 Å². The van der Waals surface area contributed by atoms with Crippen molar-refractivity contribution in [1.82, 2.24) is 5.32 Å². The summed E-state index contributed by atoms with van der Waals surface area (Å²) in [5.74, 6) is -1.57. The molecule has 0 aliphatic carbocycles. The van der Waals surface area contributed by atoms with Crippen LogP contribution in [0.1, 0.15) is 27.7 Å². The molecule has 2 heterocycles. The average molecular weight is 374 g/mol. The fourth-order valence-electron chi connectivity index (χ4n) is 2.63. The highest BCUT2D eigenvalue weighted by molar-refractivity contribution is 8.14. The van der Waals surface area contributed by atoms with Crippen LogP contribution in [0, 0.1) is 0 Å². The van der Waals surface area contributed by atoms with E-state index in [0.29, 0.717) is 11.7 Å². The van der Waals surface area contributed by atoms with Crippen molar-refractivity contribution in [2.75, 3.05) is 13.2 Å². The van der Waals surface area contributed by atoms with Gasteiger partial charge in [0.25, 0.3) is 0 Å². The molecule has 0 bridgehead atoms. The van der Waals surface area contributed by atoms with Crippen molar-refractivity contribution in [3.8, 4) is 0 Å². The lowest BCUT2D eigenvalue weighted by molar-refractivity contribution is -0.208. The Morgan fingerprint density at radius 2 is 1.76 bits per heavy atom. The number of nitrogens with one attached hydrogen (secondary N) is 1. The van der Waals surface area contributed by atoms with E-state index in [1.165, 1.54) is 32.5 Å². The summed E-state index contributed by atoms with van der Waals surface area (Å²) in [5, 5.41) is 3.75. The second-order valence-corrected chi connectivity index (χ2v) is 6.65. The van der Waals surface area contributed by atoms with Gasteiger partial charge in [0.1, 0.15) is 24.2 Å². The summed E-state index contributed by atoms with van der Waals surface area (Å²) in [4.78, 5) is 38.7. The molecule has 9 nitrogen and oxygen atoms in total. The third-order valence-electron chi connectivity index (χ3n) is 3.49. The third kappa shape index (κ3) is 5.08. The fourth-order valence-corrected chi connectivity index (χ4v) is 3.82. The minimum absolute atomic E-state index is 0.120. The predicted octanol–water partition coefficient (Wildman–Crippen LogP) is 0.219. The lowest BCUT2D eigenvalue weighted by atomic mass is 9.98. The number of aliphatic imine (C=N–C) groups is 1. The van der Waals surface area contributed by atoms with Crippen LogP contribution >= 0.6 is 11.8 Å². The highest BCUT2D eigenvalue weighted by Crippen LogP contribution is 2.38. The van der Waals surface area contributed by atoms with E-state index in [4.69, 9.17) is 18.9 Å². The Labute approximate surface area is 149 Å². The Balaban J connectivity index is 2.27. The first kappa shape index (κ1) is 19.5. The molecule has 2 rings (SSSR count). The topological polar surface area (TPSA) is 113 Å². The number of carbonyl (C=O) groups is 3. The van der Waals surface area contributed by atoms with Crippen molar-refractivity contribution in [3.63, 3.8) is 0 Å². The molecule has 0 saturated carbocycles. The van der Waals surface area contributed by atoms with Gasteiger partial charge in [0.05, 0.1) is 0 Å². The lowest BCUT2D eigenvalue weighted by Gasteiger charge is -2.41. The van der Waals surface area contributed by atoms with Crippen LogP contribution in [0.25, 0.3) is 0 Å². The number of ether oxygens (including phenoxy) is 4. The van der Waals surface area contributed by atoms with Gasteiger partial charge in [0.2, 0.25) is 0 Å². The Hall–Kier alpha value is -1.81. The van der Waals surface area contributed by atoms with E-state index in [2.05, 4.69) is 10.3 Å². The molecule has 2 aliphatic rings. The van der Waals surface area contributed by atoms with Crippen molar-refractivity contribution < 1.29 is 33.3 Å². The normalized spacial score (nSPS) is 30.7. The van der Waals surface area contributed by atoms with Crippen LogP contribution in [0.4, 0.5) is 0 Å². The molecule has 0 amide bonds. The third-order valence-corrected chi connectivity index (χ3v) is 4.59. The van der Waals surface area contributed by atoms with Crippen LogP contribution < -0.4 is 5.32 Å². The maximum atomic E-state index is 11.6. The highest BCUT2D eigenvalue weighted by atomic mass is 32.2. The Morgan fingerprint density at radius 1 is 1.12 bits per heavy atom. The Bertz CT molecular complexity index is 568. The number of nitrogens with zero attached hydrogens (tertiary/aromatic N) is 1. The summed E-state index contributed by atoms with van der Waals surface area (Å²) in [6.07, 6.45) is -2.52. The molecule has 0 spiro atoms. The van der Waals surface area contributed by atoms with Crippen molar-refractivity contribution >= 4 is 34.8 Å². The molecule has 140 valence electrons. The van der Waals surface area contributed by atoms with Gasteiger partial charge in [-0.3, -0.25) is 19.4 Å². The van der Waals surface area contributed by atoms with Crippen LogP contribution in [0.5, 0.6) is 0 Å². The quantitative estimate of drug-likeness (QED) is 0.533. The zero-order chi connectivity index (χ0) is 18.6. The number of amidine groups is 1. The van der Waals surface area contributed by atoms with Crippen LogP contribution in [0.3, 0.4) is 0 Å². The van der Waals surface area contributed by atoms with Gasteiger partial charge in [0, 0.05) is 27.3 Å². The van der Waals surface area contributed by atoms with Gasteiger partial charge in [-0.2, -0.15) is 0 Å². The number of esters is 3. The van der Waals surface area contributed by atoms with Crippen LogP contribution in [-0.2, 0) is 33.3 Å². The van der Waals surface area contributed by atoms with Crippen molar-refractivity contribution in [2.24, 2.45) is 4.99 Å². The summed E-state index contributed by atoms with van der Waals surface area (Å²) in [6.45, 7) is 6.27. The van der Waals surface area contributed by atoms with Crippen LogP contribution in [0.15, 0.2) is 4.99 Å². The minimum atomic E-state index is -0.924. The molecule has 10 heteroatoms. The smallest absolute Gasteiger partial charge is 0.303 e. The molecular formula is C15H22N2O7S. The predicted molar refractivity (Wildman–Crippen MR) is 88.9 cm³/mol. The molecule has 25 heavy (non-hydrogen) atoms. The molecule has 1 fully saturated rings. The largest absolute Gasteiger partial charge is 0.463 e. The summed E-state index contributed by atoms with van der Waals surface area (Å²) in [7, 11) is 0. The summed E-state index contributed by atoms with van der Waals surface area (Å²) in [6, 6.07) is -0.527. The molecule has 0 aromatic rings. The standard InChI is InChI=1S/C15H22N2O7S/c1-5-16-15-17-11-13(23-9(4)20)12(22-8(3)19)10(6-21-7(2)18)24-14(11)25-15/h10-14H,5-6H2,1-4H3,(H,16,17)/t10-,11?,12-,13-,14?/m1/s1. The molecule has 0 aromatic heterocycles. The highest BCUT2D eigenvalue weighted by Gasteiger charge is 2.53. The Kier molecular flexibility index (Phi) is 6.65. The first-order chi connectivity index (χ1) is 11.8. The van der Waals surface area contributed by atoms with E-state index >= 15 is 0 Å².